The van der Waals surface area contributed by atoms with E-state index in [1.165, 1.54) is 16.5 Å². The van der Waals surface area contributed by atoms with Crippen LogP contribution in [0.3, 0.4) is 0 Å². The molecule has 0 amide bonds. The lowest BCUT2D eigenvalue weighted by Gasteiger charge is -2.23. The van der Waals surface area contributed by atoms with Crippen molar-refractivity contribution in [2.45, 2.75) is 45.3 Å². The molecule has 0 bridgehead atoms. The van der Waals surface area contributed by atoms with Crippen LogP contribution in [0.5, 0.6) is 5.75 Å². The van der Waals surface area contributed by atoms with Crippen LogP contribution in [0.15, 0.2) is 48.1 Å². The van der Waals surface area contributed by atoms with Crippen LogP contribution in [0, 0.1) is 11.3 Å². The number of pyridine rings is 1. The van der Waals surface area contributed by atoms with Gasteiger partial charge < -0.3 is 14.6 Å². The average molecular weight is 473 g/mol. The Kier molecular flexibility index (Phi) is 6.22. The molecule has 1 fully saturated rings. The summed E-state index contributed by atoms with van der Waals surface area (Å²) in [6.45, 7) is 6.36. The zero-order valence-corrected chi connectivity index (χ0v) is 20.5. The number of hydrogen-bond donors (Lipinski definition) is 1. The third kappa shape index (κ3) is 4.37. The van der Waals surface area contributed by atoms with Gasteiger partial charge in [0.1, 0.15) is 11.6 Å². The lowest BCUT2D eigenvalue weighted by molar-refractivity contribution is 0.246. The molecule has 1 aliphatic heterocycles. The van der Waals surface area contributed by atoms with E-state index in [1.807, 2.05) is 6.07 Å². The Labute approximate surface area is 203 Å². The number of fused-ring (bicyclic) bond motifs is 1. The molecular weight excluding hydrogens is 444 g/mol. The van der Waals surface area contributed by atoms with Crippen LogP contribution in [0.25, 0.3) is 10.9 Å². The zero-order valence-electron chi connectivity index (χ0n) is 19.7. The number of likely N-dealkylation sites (tertiary alicyclic amines) is 1. The highest BCUT2D eigenvalue weighted by molar-refractivity contribution is 7.13. The van der Waals surface area contributed by atoms with Gasteiger partial charge in [0.2, 0.25) is 0 Å². The number of anilines is 2. The quantitative estimate of drug-likeness (QED) is 0.354. The Morgan fingerprint density at radius 1 is 1.29 bits per heavy atom. The van der Waals surface area contributed by atoms with Gasteiger partial charge >= 0.3 is 0 Å². The van der Waals surface area contributed by atoms with Crippen LogP contribution in [-0.4, -0.2) is 33.1 Å². The minimum absolute atomic E-state index is 0.285. The van der Waals surface area contributed by atoms with E-state index in [4.69, 9.17) is 15.0 Å². The maximum absolute atomic E-state index is 9.12. The van der Waals surface area contributed by atoms with Gasteiger partial charge in [-0.05, 0) is 69.1 Å². The van der Waals surface area contributed by atoms with Crippen molar-refractivity contribution in [1.82, 2.24) is 19.4 Å². The number of nitrogens with one attached hydrogen (secondary N) is 1. The first-order valence-corrected chi connectivity index (χ1v) is 12.4. The predicted octanol–water partition coefficient (Wildman–Crippen LogP) is 6.03. The van der Waals surface area contributed by atoms with E-state index >= 15 is 0 Å². The summed E-state index contributed by atoms with van der Waals surface area (Å²) in [5, 5.41) is 16.6. The van der Waals surface area contributed by atoms with Crippen molar-refractivity contribution in [1.29, 1.82) is 5.26 Å². The molecule has 7 nitrogen and oxygen atoms in total. The van der Waals surface area contributed by atoms with Gasteiger partial charge in [-0.25, -0.2) is 9.97 Å². The Hall–Kier alpha value is -3.41. The number of ether oxygens (including phenoxy) is 1. The normalized spacial score (nSPS) is 16.3. The third-order valence-corrected chi connectivity index (χ3v) is 7.18. The molecule has 34 heavy (non-hydrogen) atoms. The van der Waals surface area contributed by atoms with Gasteiger partial charge in [0, 0.05) is 41.3 Å². The first-order valence-electron chi connectivity index (χ1n) is 11.6. The monoisotopic (exact) mass is 472 g/mol. The van der Waals surface area contributed by atoms with E-state index < -0.39 is 0 Å². The Bertz CT molecular complexity index is 1350. The van der Waals surface area contributed by atoms with Gasteiger partial charge in [-0.15, -0.1) is 11.3 Å². The largest absolute Gasteiger partial charge is 0.497 e. The second-order valence-electron chi connectivity index (χ2n) is 8.91. The molecule has 8 heteroatoms. The molecule has 0 unspecified atom stereocenters. The van der Waals surface area contributed by atoms with Crippen LogP contribution in [0.4, 0.5) is 10.9 Å². The minimum Gasteiger partial charge on any atom is -0.497 e. The maximum atomic E-state index is 9.12. The smallest absolute Gasteiger partial charge is 0.188 e. The predicted molar refractivity (Wildman–Crippen MR) is 136 cm³/mol. The Balaban J connectivity index is 1.38. The lowest BCUT2D eigenvalue weighted by atomic mass is 10.1. The fraction of sp³-hybridized carbons (Fsp3) is 0.346. The summed E-state index contributed by atoms with van der Waals surface area (Å²) < 4.78 is 7.86. The van der Waals surface area contributed by atoms with Crippen molar-refractivity contribution in [3.63, 3.8) is 0 Å². The van der Waals surface area contributed by atoms with Crippen LogP contribution >= 0.6 is 11.3 Å². The number of rotatable bonds is 7. The highest BCUT2D eigenvalue weighted by Crippen LogP contribution is 2.37. The average Bonchev–Trinajstić information content (AvgIpc) is 3.58. The second-order valence-corrected chi connectivity index (χ2v) is 9.77. The molecule has 174 valence electrons. The molecule has 0 aliphatic carbocycles. The highest BCUT2D eigenvalue weighted by atomic mass is 32.1. The number of thiazole rings is 1. The third-order valence-electron chi connectivity index (χ3n) is 6.40. The number of aromatic nitrogens is 3. The molecule has 1 atom stereocenters. The van der Waals surface area contributed by atoms with Crippen LogP contribution in [-0.2, 0) is 6.54 Å². The standard InChI is InChI=1S/C26H28N6OS/c1-17(2)32-15-19(21-12-20(33-3)6-7-23(21)32)14-31-10-4-5-24(31)22-16-34-26(29-22)30-25-11-18(13-27)8-9-28-25/h6-9,11-12,15-17,24H,4-5,10,14H2,1-3H3,(H,28,29,30)/t24-/m0/s1. The molecule has 1 saturated heterocycles. The molecule has 4 heterocycles. The van der Waals surface area contributed by atoms with Crippen molar-refractivity contribution >= 4 is 33.2 Å². The van der Waals surface area contributed by atoms with E-state index in [-0.39, 0.29) is 6.04 Å². The summed E-state index contributed by atoms with van der Waals surface area (Å²) in [5.74, 6) is 1.52. The van der Waals surface area contributed by atoms with Crippen molar-refractivity contribution in [3.8, 4) is 11.8 Å². The fourth-order valence-corrected chi connectivity index (χ4v) is 5.49. The number of benzene rings is 1. The SMILES string of the molecule is COc1ccc2c(c1)c(CN1CCC[C@H]1c1csc(Nc3cc(C#N)ccn3)n1)cn2C(C)C. The molecule has 0 spiro atoms. The summed E-state index contributed by atoms with van der Waals surface area (Å²) in [6.07, 6.45) is 6.18. The van der Waals surface area contributed by atoms with Gasteiger partial charge in [-0.1, -0.05) is 0 Å². The van der Waals surface area contributed by atoms with Crippen LogP contribution < -0.4 is 10.1 Å². The molecule has 1 aromatic carbocycles. The molecule has 0 saturated carbocycles. The van der Waals surface area contributed by atoms with Crippen molar-refractivity contribution < 1.29 is 4.74 Å². The Morgan fingerprint density at radius 3 is 2.97 bits per heavy atom. The molecule has 0 radical (unpaired) electrons. The zero-order chi connectivity index (χ0) is 23.7. The molecular formula is C26H28N6OS. The number of methoxy groups -OCH3 is 1. The summed E-state index contributed by atoms with van der Waals surface area (Å²) in [6, 6.07) is 12.6. The summed E-state index contributed by atoms with van der Waals surface area (Å²) in [4.78, 5) is 11.7. The van der Waals surface area contributed by atoms with Gasteiger partial charge in [-0.3, -0.25) is 4.90 Å². The molecule has 3 aromatic heterocycles. The first kappa shape index (κ1) is 22.4. The Morgan fingerprint density at radius 2 is 2.18 bits per heavy atom. The van der Waals surface area contributed by atoms with E-state index in [2.05, 4.69) is 63.4 Å². The molecule has 5 rings (SSSR count). The van der Waals surface area contributed by atoms with Gasteiger partial charge in [0.05, 0.1) is 30.5 Å². The van der Waals surface area contributed by atoms with E-state index in [0.29, 0.717) is 17.4 Å². The lowest BCUT2D eigenvalue weighted by Crippen LogP contribution is -2.23. The van der Waals surface area contributed by atoms with Crippen molar-refractivity contribution in [3.05, 3.63) is 64.9 Å². The van der Waals surface area contributed by atoms with Gasteiger partial charge in [-0.2, -0.15) is 5.26 Å². The van der Waals surface area contributed by atoms with E-state index in [0.717, 1.165) is 42.5 Å². The number of hydrogen-bond acceptors (Lipinski definition) is 7. The van der Waals surface area contributed by atoms with Gasteiger partial charge in [0.15, 0.2) is 5.13 Å². The molecule has 1 N–H and O–H groups in total. The summed E-state index contributed by atoms with van der Waals surface area (Å²) in [7, 11) is 1.72. The van der Waals surface area contributed by atoms with Crippen LogP contribution in [0.2, 0.25) is 0 Å². The maximum Gasteiger partial charge on any atom is 0.188 e. The summed E-state index contributed by atoms with van der Waals surface area (Å²) in [5.41, 5.74) is 4.23. The molecule has 1 aliphatic rings. The van der Waals surface area contributed by atoms with E-state index in [9.17, 15) is 0 Å². The second kappa shape index (κ2) is 9.45. The number of nitriles is 1. The first-order chi connectivity index (χ1) is 16.6. The molecule has 4 aromatic rings. The summed E-state index contributed by atoms with van der Waals surface area (Å²) >= 11 is 1.58. The van der Waals surface area contributed by atoms with Crippen LogP contribution in [0.1, 0.15) is 55.6 Å². The minimum atomic E-state index is 0.285. The fourth-order valence-electron chi connectivity index (χ4n) is 4.73. The van der Waals surface area contributed by atoms with E-state index in [1.54, 1.807) is 36.8 Å². The number of nitrogens with zero attached hydrogens (tertiary/aromatic N) is 5. The van der Waals surface area contributed by atoms with Gasteiger partial charge in [0.25, 0.3) is 0 Å². The topological polar surface area (TPSA) is 79.0 Å². The van der Waals surface area contributed by atoms with Crippen molar-refractivity contribution in [2.75, 3.05) is 19.0 Å². The van der Waals surface area contributed by atoms with Crippen molar-refractivity contribution in [2.24, 2.45) is 0 Å². The highest BCUT2D eigenvalue weighted by Gasteiger charge is 2.29.